The van der Waals surface area contributed by atoms with Crippen LogP contribution in [0.5, 0.6) is 0 Å². The molecule has 1 atom stereocenters. The van der Waals surface area contributed by atoms with Crippen molar-refractivity contribution in [3.8, 4) is 0 Å². The van der Waals surface area contributed by atoms with Crippen LogP contribution < -0.4 is 5.32 Å². The molecule has 2 N–H and O–H groups in total. The molecule has 0 saturated heterocycles. The van der Waals surface area contributed by atoms with Gasteiger partial charge in [0.1, 0.15) is 5.69 Å². The largest absolute Gasteiger partial charge is 0.348 e. The fourth-order valence-electron chi connectivity index (χ4n) is 2.98. The molecule has 1 aromatic carbocycles. The second kappa shape index (κ2) is 7.36. The number of imidazole rings is 1. The molecule has 0 saturated carbocycles. The molecule has 0 unspecified atom stereocenters. The molecule has 0 bridgehead atoms. The first-order valence-corrected chi connectivity index (χ1v) is 8.69. The fourth-order valence-corrected chi connectivity index (χ4v) is 2.98. The van der Waals surface area contributed by atoms with Crippen LogP contribution in [0.25, 0.3) is 11.0 Å². The Labute approximate surface area is 155 Å². The number of carbonyl (C=O) groups is 1. The molecule has 3 aromatic heterocycles. The van der Waals surface area contributed by atoms with Crippen LogP contribution in [0.3, 0.4) is 0 Å². The zero-order valence-corrected chi connectivity index (χ0v) is 14.8. The van der Waals surface area contributed by atoms with E-state index < -0.39 is 0 Å². The van der Waals surface area contributed by atoms with Gasteiger partial charge in [0.2, 0.25) is 0 Å². The zero-order chi connectivity index (χ0) is 18.6. The standard InChI is InChI=1S/C19H19N7O/c1-13(8-14-10-20-6-7-21-14)23-19(27)17-9-15(24-25-17)11-26-12-22-16-4-2-3-5-18(16)26/h2-7,9-10,12-13H,8,11H2,1H3,(H,23,27)(H,24,25)/t13-/m1/s1. The van der Waals surface area contributed by atoms with E-state index in [0.717, 1.165) is 22.4 Å². The van der Waals surface area contributed by atoms with Crippen LogP contribution in [0.4, 0.5) is 0 Å². The molecular formula is C19H19N7O. The first kappa shape index (κ1) is 16.9. The van der Waals surface area contributed by atoms with Crippen molar-refractivity contribution in [3.05, 3.63) is 72.3 Å². The van der Waals surface area contributed by atoms with E-state index in [-0.39, 0.29) is 11.9 Å². The molecular weight excluding hydrogens is 342 g/mol. The minimum absolute atomic E-state index is 0.0769. The van der Waals surface area contributed by atoms with Gasteiger partial charge in [0.05, 0.1) is 35.3 Å². The number of hydrogen-bond acceptors (Lipinski definition) is 5. The van der Waals surface area contributed by atoms with Crippen molar-refractivity contribution in [1.82, 2.24) is 35.0 Å². The van der Waals surface area contributed by atoms with Crippen LogP contribution in [0.1, 0.15) is 28.8 Å². The Balaban J connectivity index is 1.40. The van der Waals surface area contributed by atoms with Crippen molar-refractivity contribution in [2.75, 3.05) is 0 Å². The fraction of sp³-hybridized carbons (Fsp3) is 0.211. The molecule has 0 aliphatic carbocycles. The highest BCUT2D eigenvalue weighted by atomic mass is 16.2. The summed E-state index contributed by atoms with van der Waals surface area (Å²) in [6, 6.07) is 9.60. The van der Waals surface area contributed by atoms with Gasteiger partial charge in [-0.2, -0.15) is 5.10 Å². The number of benzene rings is 1. The normalized spacial score (nSPS) is 12.2. The minimum atomic E-state index is -0.218. The Bertz CT molecular complexity index is 1050. The number of para-hydroxylation sites is 2. The third-order valence-corrected chi connectivity index (χ3v) is 4.24. The minimum Gasteiger partial charge on any atom is -0.348 e. The number of H-pyrrole nitrogens is 1. The molecule has 27 heavy (non-hydrogen) atoms. The number of nitrogens with one attached hydrogen (secondary N) is 2. The molecule has 3 heterocycles. The van der Waals surface area contributed by atoms with E-state index in [1.807, 2.05) is 35.8 Å². The molecule has 0 aliphatic rings. The Morgan fingerprint density at radius 1 is 1.26 bits per heavy atom. The van der Waals surface area contributed by atoms with Gasteiger partial charge in [-0.15, -0.1) is 0 Å². The molecule has 8 nitrogen and oxygen atoms in total. The van der Waals surface area contributed by atoms with Crippen molar-refractivity contribution >= 4 is 16.9 Å². The maximum atomic E-state index is 12.4. The van der Waals surface area contributed by atoms with Crippen LogP contribution in [0, 0.1) is 0 Å². The molecule has 1 amide bonds. The summed E-state index contributed by atoms with van der Waals surface area (Å²) in [7, 11) is 0. The lowest BCUT2D eigenvalue weighted by Crippen LogP contribution is -2.34. The predicted octanol–water partition coefficient (Wildman–Crippen LogP) is 1.96. The number of aromatic amines is 1. The number of carbonyl (C=O) groups excluding carboxylic acids is 1. The molecule has 0 radical (unpaired) electrons. The number of nitrogens with zero attached hydrogens (tertiary/aromatic N) is 5. The number of amides is 1. The monoisotopic (exact) mass is 361 g/mol. The van der Waals surface area contributed by atoms with E-state index in [1.165, 1.54) is 0 Å². The summed E-state index contributed by atoms with van der Waals surface area (Å²) in [5.41, 5.74) is 4.01. The summed E-state index contributed by atoms with van der Waals surface area (Å²) in [6.07, 6.45) is 7.36. The summed E-state index contributed by atoms with van der Waals surface area (Å²) in [6.45, 7) is 2.49. The van der Waals surface area contributed by atoms with Crippen molar-refractivity contribution in [3.63, 3.8) is 0 Å². The molecule has 0 spiro atoms. The quantitative estimate of drug-likeness (QED) is 0.547. The highest BCUT2D eigenvalue weighted by molar-refractivity contribution is 5.92. The second-order valence-corrected chi connectivity index (χ2v) is 6.41. The Kier molecular flexibility index (Phi) is 4.61. The first-order chi connectivity index (χ1) is 13.2. The maximum absolute atomic E-state index is 12.4. The van der Waals surface area contributed by atoms with Crippen LogP contribution >= 0.6 is 0 Å². The zero-order valence-electron chi connectivity index (χ0n) is 14.8. The summed E-state index contributed by atoms with van der Waals surface area (Å²) < 4.78 is 2.02. The van der Waals surface area contributed by atoms with Crippen LogP contribution in [-0.4, -0.2) is 41.7 Å². The molecule has 8 heteroatoms. The average molecular weight is 361 g/mol. The van der Waals surface area contributed by atoms with Crippen molar-refractivity contribution < 1.29 is 4.79 Å². The van der Waals surface area contributed by atoms with E-state index >= 15 is 0 Å². The van der Waals surface area contributed by atoms with Crippen LogP contribution in [0.2, 0.25) is 0 Å². The van der Waals surface area contributed by atoms with Gasteiger partial charge in [-0.1, -0.05) is 12.1 Å². The number of fused-ring (bicyclic) bond motifs is 1. The third-order valence-electron chi connectivity index (χ3n) is 4.24. The molecule has 136 valence electrons. The topological polar surface area (TPSA) is 101 Å². The number of aromatic nitrogens is 6. The van der Waals surface area contributed by atoms with Gasteiger partial charge in [0.25, 0.3) is 5.91 Å². The lowest BCUT2D eigenvalue weighted by molar-refractivity contribution is 0.0935. The summed E-state index contributed by atoms with van der Waals surface area (Å²) >= 11 is 0. The average Bonchev–Trinajstić information content (AvgIpc) is 3.30. The van der Waals surface area contributed by atoms with E-state index in [0.29, 0.717) is 18.7 Å². The third kappa shape index (κ3) is 3.84. The van der Waals surface area contributed by atoms with E-state index in [4.69, 9.17) is 0 Å². The predicted molar refractivity (Wildman–Crippen MR) is 100 cm³/mol. The smallest absolute Gasteiger partial charge is 0.271 e. The highest BCUT2D eigenvalue weighted by Gasteiger charge is 2.14. The highest BCUT2D eigenvalue weighted by Crippen LogP contribution is 2.13. The van der Waals surface area contributed by atoms with Gasteiger partial charge in [-0.05, 0) is 25.1 Å². The SMILES string of the molecule is C[C@H](Cc1cnccn1)NC(=O)c1cc(Cn2cnc3ccccc32)[nH]n1. The van der Waals surface area contributed by atoms with Crippen LogP contribution in [0.15, 0.2) is 55.2 Å². The van der Waals surface area contributed by atoms with Gasteiger partial charge in [0.15, 0.2) is 0 Å². The lowest BCUT2D eigenvalue weighted by atomic mass is 10.2. The Morgan fingerprint density at radius 2 is 2.15 bits per heavy atom. The van der Waals surface area contributed by atoms with Crippen molar-refractivity contribution in [2.24, 2.45) is 0 Å². The van der Waals surface area contributed by atoms with Gasteiger partial charge in [0, 0.05) is 31.1 Å². The number of rotatable bonds is 6. The molecule has 0 aliphatic heterocycles. The lowest BCUT2D eigenvalue weighted by Gasteiger charge is -2.11. The van der Waals surface area contributed by atoms with Crippen molar-refractivity contribution in [2.45, 2.75) is 25.9 Å². The number of hydrogen-bond donors (Lipinski definition) is 2. The second-order valence-electron chi connectivity index (χ2n) is 6.41. The van der Waals surface area contributed by atoms with Gasteiger partial charge >= 0.3 is 0 Å². The Morgan fingerprint density at radius 3 is 3.00 bits per heavy atom. The summed E-state index contributed by atoms with van der Waals surface area (Å²) in [5.74, 6) is -0.218. The van der Waals surface area contributed by atoms with Gasteiger partial charge < -0.3 is 9.88 Å². The van der Waals surface area contributed by atoms with Crippen molar-refractivity contribution in [1.29, 1.82) is 0 Å². The Hall–Kier alpha value is -3.55. The van der Waals surface area contributed by atoms with Gasteiger partial charge in [-0.3, -0.25) is 19.9 Å². The molecule has 4 aromatic rings. The summed E-state index contributed by atoms with van der Waals surface area (Å²) in [5, 5.41) is 10.0. The van der Waals surface area contributed by atoms with Crippen LogP contribution in [-0.2, 0) is 13.0 Å². The van der Waals surface area contributed by atoms with E-state index in [9.17, 15) is 4.79 Å². The first-order valence-electron chi connectivity index (χ1n) is 8.69. The maximum Gasteiger partial charge on any atom is 0.271 e. The molecule has 0 fully saturated rings. The molecule has 4 rings (SSSR count). The summed E-state index contributed by atoms with van der Waals surface area (Å²) in [4.78, 5) is 25.1. The van der Waals surface area contributed by atoms with E-state index in [1.54, 1.807) is 31.0 Å². The van der Waals surface area contributed by atoms with E-state index in [2.05, 4.69) is 30.5 Å². The van der Waals surface area contributed by atoms with Gasteiger partial charge in [-0.25, -0.2) is 4.98 Å².